The van der Waals surface area contributed by atoms with E-state index < -0.39 is 8.32 Å². The highest BCUT2D eigenvalue weighted by Gasteiger charge is 2.40. The van der Waals surface area contributed by atoms with Crippen LogP contribution in [0, 0.1) is 5.82 Å². The fourth-order valence-electron chi connectivity index (χ4n) is 4.67. The largest absolute Gasteiger partial charge is 1.00 e. The van der Waals surface area contributed by atoms with E-state index in [1.54, 1.807) is 0 Å². The molecule has 0 aromatic heterocycles. The lowest BCUT2D eigenvalue weighted by Gasteiger charge is -2.38. The normalized spacial score (nSPS) is 23.3. The molecule has 1 atom stereocenters. The van der Waals surface area contributed by atoms with Crippen molar-refractivity contribution in [3.63, 3.8) is 0 Å². The smallest absolute Gasteiger partial charge is 0.248 e. The maximum Gasteiger partial charge on any atom is 0.248 e. The molecule has 5 heteroatoms. The van der Waals surface area contributed by atoms with E-state index in [0.29, 0.717) is 5.54 Å². The van der Waals surface area contributed by atoms with Gasteiger partial charge in [-0.25, -0.2) is 4.39 Å². The molecule has 1 unspecified atom stereocenters. The van der Waals surface area contributed by atoms with Gasteiger partial charge in [0.25, 0.3) is 0 Å². The quantitative estimate of drug-likeness (QED) is 0.581. The van der Waals surface area contributed by atoms with Gasteiger partial charge in [-0.15, -0.1) is 0 Å². The number of halogens is 2. The second-order valence-electron chi connectivity index (χ2n) is 8.38. The lowest BCUT2D eigenvalue weighted by atomic mass is 10.0. The molecule has 1 saturated heterocycles. The summed E-state index contributed by atoms with van der Waals surface area (Å²) in [6, 6.07) is 6.64. The Morgan fingerprint density at radius 3 is 2.23 bits per heavy atom. The molecule has 1 aliphatic carbocycles. The van der Waals surface area contributed by atoms with Crippen LogP contribution in [0.25, 0.3) is 0 Å². The average molecular weight is 398 g/mol. The predicted octanol–water partition coefficient (Wildman–Crippen LogP) is 1.03. The Hall–Kier alpha value is -0.683. The molecule has 1 heterocycles. The summed E-state index contributed by atoms with van der Waals surface area (Å²) in [4.78, 5) is 11.7. The predicted molar refractivity (Wildman–Crippen MR) is 105 cm³/mol. The van der Waals surface area contributed by atoms with Crippen molar-refractivity contribution in [3.05, 3.63) is 41.9 Å². The van der Waals surface area contributed by atoms with Crippen LogP contribution in [-0.4, -0.2) is 44.3 Å². The van der Waals surface area contributed by atoms with Crippen LogP contribution < -0.4 is 17.6 Å². The number of piperidine rings is 1. The standard InChI is InChI=1S/C21H33FNOSi.ClH/c1-23(15-6-3-7-16-23)17-8-18-25(24,20-9-4-2-5-10-20)21-13-11-19(22)12-14-21;/h8,11-14,18,20,24H,2-7,9-10,15-17H2,1H3;1H/q+1;/p-1/b18-8+;. The average Bonchev–Trinajstić information content (AvgIpc) is 2.63. The Bertz CT molecular complexity index is 582. The van der Waals surface area contributed by atoms with Gasteiger partial charge in [0.1, 0.15) is 5.82 Å². The van der Waals surface area contributed by atoms with Crippen molar-refractivity contribution < 1.29 is 26.1 Å². The van der Waals surface area contributed by atoms with Gasteiger partial charge in [-0.2, -0.15) is 0 Å². The zero-order valence-electron chi connectivity index (χ0n) is 16.0. The highest BCUT2D eigenvalue weighted by molar-refractivity contribution is 6.90. The van der Waals surface area contributed by atoms with Gasteiger partial charge in [0.05, 0.1) is 26.7 Å². The van der Waals surface area contributed by atoms with Crippen LogP contribution in [-0.2, 0) is 0 Å². The Morgan fingerprint density at radius 2 is 1.62 bits per heavy atom. The van der Waals surface area contributed by atoms with Crippen LogP contribution in [0.3, 0.4) is 0 Å². The molecule has 0 amide bonds. The SMILES string of the molecule is C[N+]1(C/C=C/[Si](O)(c2ccc(F)cc2)C2CCCCC2)CCCCC1.[Cl-]. The summed E-state index contributed by atoms with van der Waals surface area (Å²) in [6.07, 6.45) is 12.1. The molecule has 0 radical (unpaired) electrons. The van der Waals surface area contributed by atoms with E-state index >= 15 is 0 Å². The molecule has 1 aliphatic heterocycles. The molecule has 1 aromatic carbocycles. The van der Waals surface area contributed by atoms with Crippen LogP contribution in [0.5, 0.6) is 0 Å². The lowest BCUT2D eigenvalue weighted by molar-refractivity contribution is -0.908. The summed E-state index contributed by atoms with van der Waals surface area (Å²) in [5.41, 5.74) is 2.53. The molecule has 1 N–H and O–H groups in total. The first-order valence-corrected chi connectivity index (χ1v) is 12.1. The number of likely N-dealkylation sites (tertiary alicyclic amines) is 1. The maximum atomic E-state index is 13.4. The fourth-order valence-corrected chi connectivity index (χ4v) is 8.06. The van der Waals surface area contributed by atoms with E-state index in [1.807, 2.05) is 12.1 Å². The third-order valence-electron chi connectivity index (χ3n) is 6.35. The summed E-state index contributed by atoms with van der Waals surface area (Å²) in [6.45, 7) is 3.48. The van der Waals surface area contributed by atoms with Gasteiger partial charge in [-0.1, -0.05) is 49.9 Å². The van der Waals surface area contributed by atoms with Crippen LogP contribution in [0.1, 0.15) is 51.4 Å². The lowest BCUT2D eigenvalue weighted by Crippen LogP contribution is -3.00. The molecule has 2 nitrogen and oxygen atoms in total. The molecule has 0 bridgehead atoms. The molecule has 26 heavy (non-hydrogen) atoms. The summed E-state index contributed by atoms with van der Waals surface area (Å²) in [5.74, 6) is -0.223. The monoisotopic (exact) mass is 397 g/mol. The third kappa shape index (κ3) is 5.19. The highest BCUT2D eigenvalue weighted by atomic mass is 35.5. The van der Waals surface area contributed by atoms with E-state index in [4.69, 9.17) is 0 Å². The zero-order valence-corrected chi connectivity index (χ0v) is 17.7. The Kier molecular flexibility index (Phi) is 7.89. The fraction of sp³-hybridized carbons (Fsp3) is 0.619. The molecule has 3 rings (SSSR count). The van der Waals surface area contributed by atoms with Crippen LogP contribution in [0.2, 0.25) is 5.54 Å². The molecule has 1 saturated carbocycles. The third-order valence-corrected chi connectivity index (χ3v) is 10.2. The summed E-state index contributed by atoms with van der Waals surface area (Å²) in [7, 11) is -0.386. The minimum Gasteiger partial charge on any atom is -1.00 e. The van der Waals surface area contributed by atoms with Gasteiger partial charge in [-0.05, 0) is 48.2 Å². The molecule has 2 fully saturated rings. The first kappa shape index (κ1) is 21.6. The Labute approximate surface area is 165 Å². The van der Waals surface area contributed by atoms with E-state index in [9.17, 15) is 9.19 Å². The van der Waals surface area contributed by atoms with Gasteiger partial charge in [0, 0.05) is 0 Å². The summed E-state index contributed by atoms with van der Waals surface area (Å²) < 4.78 is 14.5. The van der Waals surface area contributed by atoms with Gasteiger partial charge >= 0.3 is 0 Å². The number of hydrogen-bond acceptors (Lipinski definition) is 1. The molecule has 1 aromatic rings. The van der Waals surface area contributed by atoms with Crippen molar-refractivity contribution in [2.24, 2.45) is 0 Å². The highest BCUT2D eigenvalue weighted by Crippen LogP contribution is 2.36. The summed E-state index contributed by atoms with van der Waals surface area (Å²) in [5, 5.41) is 0.971. The van der Waals surface area contributed by atoms with E-state index in [2.05, 4.69) is 18.8 Å². The van der Waals surface area contributed by atoms with Gasteiger partial charge in [0.2, 0.25) is 8.32 Å². The molecular formula is C21H33ClFNOSi. The first-order valence-electron chi connectivity index (χ1n) is 10.0. The van der Waals surface area contributed by atoms with Crippen LogP contribution in [0.4, 0.5) is 4.39 Å². The van der Waals surface area contributed by atoms with Crippen molar-refractivity contribution in [2.45, 2.75) is 56.9 Å². The van der Waals surface area contributed by atoms with E-state index in [-0.39, 0.29) is 18.2 Å². The van der Waals surface area contributed by atoms with Gasteiger partial charge in [-0.3, -0.25) is 0 Å². The first-order chi connectivity index (χ1) is 12.0. The van der Waals surface area contributed by atoms with Crippen molar-refractivity contribution in [2.75, 3.05) is 26.7 Å². The minimum atomic E-state index is -2.72. The minimum absolute atomic E-state index is 0. The van der Waals surface area contributed by atoms with Crippen molar-refractivity contribution in [3.8, 4) is 0 Å². The van der Waals surface area contributed by atoms with Crippen LogP contribution in [0.15, 0.2) is 36.0 Å². The maximum absolute atomic E-state index is 13.4. The molecule has 0 spiro atoms. The number of nitrogens with zero attached hydrogens (tertiary/aromatic N) is 1. The number of quaternary nitrogens is 1. The number of benzene rings is 1. The van der Waals surface area contributed by atoms with Crippen molar-refractivity contribution >= 4 is 13.5 Å². The van der Waals surface area contributed by atoms with Gasteiger partial charge < -0.3 is 21.7 Å². The molecule has 146 valence electrons. The Morgan fingerprint density at radius 1 is 1.04 bits per heavy atom. The second-order valence-corrected chi connectivity index (χ2v) is 11.8. The van der Waals surface area contributed by atoms with Crippen molar-refractivity contribution in [1.29, 1.82) is 0 Å². The second kappa shape index (κ2) is 9.49. The topological polar surface area (TPSA) is 20.2 Å². The zero-order chi connectivity index (χ0) is 17.8. The number of hydrogen-bond donors (Lipinski definition) is 1. The van der Waals surface area contributed by atoms with Crippen molar-refractivity contribution in [1.82, 2.24) is 0 Å². The number of rotatable bonds is 5. The van der Waals surface area contributed by atoms with E-state index in [0.717, 1.165) is 29.1 Å². The van der Waals surface area contributed by atoms with Crippen LogP contribution >= 0.6 is 0 Å². The van der Waals surface area contributed by atoms with E-state index in [1.165, 1.54) is 63.7 Å². The van der Waals surface area contributed by atoms with Gasteiger partial charge in [0.15, 0.2) is 0 Å². The summed E-state index contributed by atoms with van der Waals surface area (Å²) >= 11 is 0. The number of likely N-dealkylation sites (N-methyl/N-ethyl adjacent to an activating group) is 1. The Balaban J connectivity index is 0.00000243. The molecular weight excluding hydrogens is 365 g/mol. The molecule has 2 aliphatic rings.